The third kappa shape index (κ3) is 3.34. The zero-order chi connectivity index (χ0) is 18.8. The SMILES string of the molecule is COc1ccc(N=C2C(=O)N(Cc3ccccc3)c3ccc(C)cc32)cc1. The number of carbonyl (C=O) groups excluding carboxylic acids is 1. The average Bonchev–Trinajstić information content (AvgIpc) is 2.94. The summed E-state index contributed by atoms with van der Waals surface area (Å²) in [6.07, 6.45) is 0. The van der Waals surface area contributed by atoms with E-state index in [0.717, 1.165) is 33.8 Å². The van der Waals surface area contributed by atoms with Crippen molar-refractivity contribution >= 4 is 23.0 Å². The summed E-state index contributed by atoms with van der Waals surface area (Å²) >= 11 is 0. The van der Waals surface area contributed by atoms with Crippen molar-refractivity contribution in [1.29, 1.82) is 0 Å². The molecule has 1 aliphatic rings. The molecule has 0 aromatic heterocycles. The fourth-order valence-electron chi connectivity index (χ4n) is 3.24. The van der Waals surface area contributed by atoms with Gasteiger partial charge < -0.3 is 9.64 Å². The van der Waals surface area contributed by atoms with Crippen LogP contribution >= 0.6 is 0 Å². The molecule has 0 N–H and O–H groups in total. The summed E-state index contributed by atoms with van der Waals surface area (Å²) in [6.45, 7) is 2.55. The number of methoxy groups -OCH3 is 1. The van der Waals surface area contributed by atoms with Gasteiger partial charge in [0.1, 0.15) is 11.5 Å². The van der Waals surface area contributed by atoms with Crippen LogP contribution in [-0.4, -0.2) is 18.7 Å². The quantitative estimate of drug-likeness (QED) is 0.682. The highest BCUT2D eigenvalue weighted by molar-refractivity contribution is 6.54. The van der Waals surface area contributed by atoms with Gasteiger partial charge in [-0.15, -0.1) is 0 Å². The molecule has 0 fully saturated rings. The minimum atomic E-state index is -0.0738. The van der Waals surface area contributed by atoms with Crippen LogP contribution in [0.15, 0.2) is 77.8 Å². The van der Waals surface area contributed by atoms with Crippen molar-refractivity contribution in [3.63, 3.8) is 0 Å². The Bertz CT molecular complexity index is 1010. The molecule has 3 aromatic rings. The van der Waals surface area contributed by atoms with E-state index in [1.54, 1.807) is 12.0 Å². The first kappa shape index (κ1) is 17.0. The molecule has 4 rings (SSSR count). The zero-order valence-corrected chi connectivity index (χ0v) is 15.3. The molecule has 0 aliphatic carbocycles. The maximum absolute atomic E-state index is 13.2. The van der Waals surface area contributed by atoms with Gasteiger partial charge in [0.25, 0.3) is 5.91 Å². The van der Waals surface area contributed by atoms with E-state index in [0.29, 0.717) is 12.3 Å². The van der Waals surface area contributed by atoms with Crippen LogP contribution < -0.4 is 9.64 Å². The van der Waals surface area contributed by atoms with Crippen LogP contribution in [0.3, 0.4) is 0 Å². The first-order chi connectivity index (χ1) is 13.2. The highest BCUT2D eigenvalue weighted by Crippen LogP contribution is 2.33. The molecule has 27 heavy (non-hydrogen) atoms. The normalized spacial score (nSPS) is 14.5. The zero-order valence-electron chi connectivity index (χ0n) is 15.3. The Balaban J connectivity index is 1.75. The lowest BCUT2D eigenvalue weighted by Crippen LogP contribution is -2.29. The molecule has 0 bridgehead atoms. The molecular weight excluding hydrogens is 336 g/mol. The van der Waals surface area contributed by atoms with Gasteiger partial charge in [0, 0.05) is 5.56 Å². The molecular formula is C23H20N2O2. The molecule has 0 saturated carbocycles. The van der Waals surface area contributed by atoms with Crippen LogP contribution in [0.5, 0.6) is 5.75 Å². The van der Waals surface area contributed by atoms with Crippen molar-refractivity contribution in [3.8, 4) is 5.75 Å². The van der Waals surface area contributed by atoms with Gasteiger partial charge in [-0.25, -0.2) is 4.99 Å². The average molecular weight is 356 g/mol. The van der Waals surface area contributed by atoms with E-state index in [1.165, 1.54) is 0 Å². The van der Waals surface area contributed by atoms with Gasteiger partial charge in [-0.3, -0.25) is 4.79 Å². The number of amides is 1. The first-order valence-electron chi connectivity index (χ1n) is 8.85. The third-order valence-electron chi connectivity index (χ3n) is 4.64. The molecule has 0 atom stereocenters. The molecule has 1 amide bonds. The number of anilines is 1. The van der Waals surface area contributed by atoms with Crippen molar-refractivity contribution in [2.24, 2.45) is 4.99 Å². The van der Waals surface area contributed by atoms with Crippen LogP contribution in [0.4, 0.5) is 11.4 Å². The molecule has 1 aliphatic heterocycles. The smallest absolute Gasteiger partial charge is 0.277 e. The number of carbonyl (C=O) groups is 1. The minimum Gasteiger partial charge on any atom is -0.497 e. The Morgan fingerprint density at radius 2 is 1.70 bits per heavy atom. The molecule has 1 heterocycles. The highest BCUT2D eigenvalue weighted by atomic mass is 16.5. The van der Waals surface area contributed by atoms with Gasteiger partial charge >= 0.3 is 0 Å². The fraction of sp³-hybridized carbons (Fsp3) is 0.130. The van der Waals surface area contributed by atoms with Gasteiger partial charge in [0.05, 0.1) is 25.0 Å². The van der Waals surface area contributed by atoms with E-state index in [1.807, 2.05) is 79.7 Å². The van der Waals surface area contributed by atoms with Crippen LogP contribution in [-0.2, 0) is 11.3 Å². The number of benzene rings is 3. The van der Waals surface area contributed by atoms with E-state index >= 15 is 0 Å². The van der Waals surface area contributed by atoms with Crippen LogP contribution in [0.25, 0.3) is 0 Å². The van der Waals surface area contributed by atoms with Crippen LogP contribution in [0, 0.1) is 6.92 Å². The van der Waals surface area contributed by atoms with Crippen LogP contribution in [0.1, 0.15) is 16.7 Å². The van der Waals surface area contributed by atoms with E-state index in [2.05, 4.69) is 4.99 Å². The van der Waals surface area contributed by atoms with Gasteiger partial charge in [0.2, 0.25) is 0 Å². The summed E-state index contributed by atoms with van der Waals surface area (Å²) in [5.74, 6) is 0.689. The predicted octanol–water partition coefficient (Wildman–Crippen LogP) is 4.67. The lowest BCUT2D eigenvalue weighted by atomic mass is 10.1. The summed E-state index contributed by atoms with van der Waals surface area (Å²) in [5, 5.41) is 0. The van der Waals surface area contributed by atoms with E-state index < -0.39 is 0 Å². The van der Waals surface area contributed by atoms with Crippen LogP contribution in [0.2, 0.25) is 0 Å². The monoisotopic (exact) mass is 356 g/mol. The van der Waals surface area contributed by atoms with Gasteiger partial charge in [0.15, 0.2) is 0 Å². The molecule has 4 nitrogen and oxygen atoms in total. The third-order valence-corrected chi connectivity index (χ3v) is 4.64. The highest BCUT2D eigenvalue weighted by Gasteiger charge is 2.34. The topological polar surface area (TPSA) is 41.9 Å². The molecule has 0 unspecified atom stereocenters. The van der Waals surface area contributed by atoms with Gasteiger partial charge in [-0.2, -0.15) is 0 Å². The lowest BCUT2D eigenvalue weighted by Gasteiger charge is -2.17. The maximum Gasteiger partial charge on any atom is 0.277 e. The van der Waals surface area contributed by atoms with Gasteiger partial charge in [-0.1, -0.05) is 42.0 Å². The molecule has 134 valence electrons. The predicted molar refractivity (Wildman–Crippen MR) is 108 cm³/mol. The number of aliphatic imine (C=N–C) groups is 1. The summed E-state index contributed by atoms with van der Waals surface area (Å²) in [5.41, 5.74) is 5.19. The number of hydrogen-bond acceptors (Lipinski definition) is 3. The van der Waals surface area contributed by atoms with Crippen molar-refractivity contribution in [2.45, 2.75) is 13.5 Å². The van der Waals surface area contributed by atoms with E-state index in [9.17, 15) is 4.79 Å². The summed E-state index contributed by atoms with van der Waals surface area (Å²) in [6, 6.07) is 23.5. The van der Waals surface area contributed by atoms with E-state index in [-0.39, 0.29) is 5.91 Å². The minimum absolute atomic E-state index is 0.0738. The first-order valence-corrected chi connectivity index (χ1v) is 8.85. The molecule has 0 saturated heterocycles. The molecule has 4 heteroatoms. The maximum atomic E-state index is 13.2. The molecule has 0 spiro atoms. The van der Waals surface area contributed by atoms with E-state index in [4.69, 9.17) is 4.74 Å². The summed E-state index contributed by atoms with van der Waals surface area (Å²) in [4.78, 5) is 19.6. The van der Waals surface area contributed by atoms with Crippen molar-refractivity contribution < 1.29 is 9.53 Å². The second-order valence-corrected chi connectivity index (χ2v) is 6.56. The van der Waals surface area contributed by atoms with Crippen molar-refractivity contribution in [2.75, 3.05) is 12.0 Å². The number of hydrogen-bond donors (Lipinski definition) is 0. The van der Waals surface area contributed by atoms with Crippen molar-refractivity contribution in [3.05, 3.63) is 89.5 Å². The Hall–Kier alpha value is -3.40. The Morgan fingerprint density at radius 1 is 0.963 bits per heavy atom. The molecule has 3 aromatic carbocycles. The standard InChI is InChI=1S/C23H20N2O2/c1-16-8-13-21-20(14-16)22(24-18-9-11-19(27-2)12-10-18)23(26)25(21)15-17-6-4-3-5-7-17/h3-14H,15H2,1-2H3. The largest absolute Gasteiger partial charge is 0.497 e. The second-order valence-electron chi connectivity index (χ2n) is 6.56. The number of fused-ring (bicyclic) bond motifs is 1. The summed E-state index contributed by atoms with van der Waals surface area (Å²) < 4.78 is 5.19. The number of ether oxygens (including phenoxy) is 1. The Labute approximate surface area is 158 Å². The summed E-state index contributed by atoms with van der Waals surface area (Å²) in [7, 11) is 1.63. The second kappa shape index (κ2) is 7.08. The fourth-order valence-corrected chi connectivity index (χ4v) is 3.24. The lowest BCUT2D eigenvalue weighted by molar-refractivity contribution is -0.112. The number of nitrogens with zero attached hydrogens (tertiary/aromatic N) is 2. The Kier molecular flexibility index (Phi) is 4.47. The van der Waals surface area contributed by atoms with Gasteiger partial charge in [-0.05, 0) is 48.9 Å². The number of aryl methyl sites for hydroxylation is 1. The number of rotatable bonds is 4. The Morgan fingerprint density at radius 3 is 2.41 bits per heavy atom. The molecule has 0 radical (unpaired) electrons. The van der Waals surface area contributed by atoms with Crippen molar-refractivity contribution in [1.82, 2.24) is 0 Å².